The molecule has 2 aliphatic rings. The van der Waals surface area contributed by atoms with E-state index in [4.69, 9.17) is 0 Å². The Labute approximate surface area is 104 Å². The summed E-state index contributed by atoms with van der Waals surface area (Å²) in [5.41, 5.74) is 1.28. The molecule has 0 aliphatic carbocycles. The van der Waals surface area contributed by atoms with Crippen molar-refractivity contribution in [1.29, 1.82) is 0 Å². The Morgan fingerprint density at radius 3 is 2.94 bits per heavy atom. The van der Waals surface area contributed by atoms with Crippen LogP contribution < -0.4 is 0 Å². The Morgan fingerprint density at radius 1 is 1.39 bits per heavy atom. The molecule has 0 bridgehead atoms. The number of nitrogens with zero attached hydrogens (tertiary/aromatic N) is 3. The van der Waals surface area contributed by atoms with Crippen molar-refractivity contribution < 1.29 is 13.2 Å². The molecule has 1 atom stereocenters. The topological polar surface area (TPSA) is 21.1 Å². The van der Waals surface area contributed by atoms with E-state index in [0.717, 1.165) is 12.2 Å². The molecule has 0 saturated carbocycles. The largest absolute Gasteiger partial charge is 0.302 e. The molecule has 0 radical (unpaired) electrons. The van der Waals surface area contributed by atoms with Crippen LogP contribution in [-0.4, -0.2) is 34.4 Å². The predicted octanol–water partition coefficient (Wildman–Crippen LogP) is 2.09. The smallest absolute Gasteiger partial charge is 0.289 e. The fourth-order valence-corrected chi connectivity index (χ4v) is 2.84. The van der Waals surface area contributed by atoms with Crippen molar-refractivity contribution >= 4 is 0 Å². The molecule has 0 spiro atoms. The highest BCUT2D eigenvalue weighted by atomic mass is 19.3. The van der Waals surface area contributed by atoms with Crippen LogP contribution in [0.25, 0.3) is 0 Å². The van der Waals surface area contributed by atoms with Gasteiger partial charge in [-0.1, -0.05) is 0 Å². The average Bonchev–Trinajstić information content (AvgIpc) is 2.59. The highest BCUT2D eigenvalue weighted by molar-refractivity contribution is 5.32. The lowest BCUT2D eigenvalue weighted by atomic mass is 10.0. The number of aromatic nitrogens is 2. The number of rotatable bonds is 0. The normalized spacial score (nSPS) is 27.4. The molecule has 18 heavy (non-hydrogen) atoms. The first-order chi connectivity index (χ1) is 8.47. The van der Waals surface area contributed by atoms with Crippen molar-refractivity contribution in [3.63, 3.8) is 0 Å². The maximum absolute atomic E-state index is 14.1. The fourth-order valence-electron chi connectivity index (χ4n) is 2.84. The molecule has 1 aromatic rings. The average molecular weight is 259 g/mol. The van der Waals surface area contributed by atoms with Gasteiger partial charge in [0.2, 0.25) is 0 Å². The van der Waals surface area contributed by atoms with Gasteiger partial charge in [-0.05, 0) is 13.5 Å². The summed E-state index contributed by atoms with van der Waals surface area (Å²) >= 11 is 0. The summed E-state index contributed by atoms with van der Waals surface area (Å²) in [5, 5.41) is 4.20. The van der Waals surface area contributed by atoms with Crippen LogP contribution in [0.2, 0.25) is 0 Å². The van der Waals surface area contributed by atoms with Gasteiger partial charge in [-0.15, -0.1) is 0 Å². The summed E-state index contributed by atoms with van der Waals surface area (Å²) in [6.45, 7) is 1.26. The van der Waals surface area contributed by atoms with Gasteiger partial charge in [-0.25, -0.2) is 4.39 Å². The van der Waals surface area contributed by atoms with Crippen LogP contribution in [0.3, 0.4) is 0 Å². The summed E-state index contributed by atoms with van der Waals surface area (Å²) < 4.78 is 43.0. The highest BCUT2D eigenvalue weighted by Crippen LogP contribution is 2.40. The molecule has 3 heterocycles. The second-order valence-electron chi connectivity index (χ2n) is 5.28. The Kier molecular flexibility index (Phi) is 2.66. The molecular weight excluding hydrogens is 243 g/mol. The number of hydrogen-bond acceptors (Lipinski definition) is 2. The first kappa shape index (κ1) is 12.0. The second-order valence-corrected chi connectivity index (χ2v) is 5.28. The summed E-state index contributed by atoms with van der Waals surface area (Å²) in [4.78, 5) is 2.00. The second kappa shape index (κ2) is 3.98. The molecule has 0 amide bonds. The fraction of sp³-hybridized carbons (Fsp3) is 0.750. The molecule has 0 aromatic carbocycles. The monoisotopic (exact) mass is 259 g/mol. The molecule has 3 nitrogen and oxygen atoms in total. The Hall–Kier alpha value is -1.04. The van der Waals surface area contributed by atoms with E-state index >= 15 is 0 Å². The molecule has 0 N–H and O–H groups in total. The van der Waals surface area contributed by atoms with E-state index < -0.39 is 18.5 Å². The zero-order valence-corrected chi connectivity index (χ0v) is 10.3. The number of likely N-dealkylation sites (N-methyl/N-ethyl adjacent to an activating group) is 1. The molecule has 3 rings (SSSR count). The zero-order chi connectivity index (χ0) is 12.9. The lowest BCUT2D eigenvalue weighted by Gasteiger charge is -2.24. The van der Waals surface area contributed by atoms with Crippen molar-refractivity contribution in [2.75, 3.05) is 13.6 Å². The van der Waals surface area contributed by atoms with Gasteiger partial charge in [0.05, 0.1) is 12.2 Å². The number of alkyl halides is 3. The van der Waals surface area contributed by atoms with Gasteiger partial charge in [0.25, 0.3) is 5.92 Å². The van der Waals surface area contributed by atoms with Gasteiger partial charge in [0.1, 0.15) is 11.9 Å². The van der Waals surface area contributed by atoms with Crippen molar-refractivity contribution in [3.05, 3.63) is 17.0 Å². The quantitative estimate of drug-likeness (QED) is 0.711. The summed E-state index contributed by atoms with van der Waals surface area (Å²) in [7, 11) is 1.90. The minimum absolute atomic E-state index is 0.0400. The third-order valence-corrected chi connectivity index (χ3v) is 3.78. The molecular formula is C12H16F3N3. The van der Waals surface area contributed by atoms with Crippen molar-refractivity contribution in [1.82, 2.24) is 14.7 Å². The first-order valence-electron chi connectivity index (χ1n) is 6.27. The maximum Gasteiger partial charge on any atom is 0.289 e. The third-order valence-electron chi connectivity index (χ3n) is 3.78. The molecule has 0 saturated heterocycles. The van der Waals surface area contributed by atoms with Crippen LogP contribution in [0.15, 0.2) is 0 Å². The third kappa shape index (κ3) is 1.83. The van der Waals surface area contributed by atoms with E-state index in [-0.39, 0.29) is 18.7 Å². The van der Waals surface area contributed by atoms with E-state index in [0.29, 0.717) is 18.5 Å². The molecule has 0 unspecified atom stereocenters. The van der Waals surface area contributed by atoms with Crippen LogP contribution in [0, 0.1) is 0 Å². The lowest BCUT2D eigenvalue weighted by molar-refractivity contribution is -0.0225. The van der Waals surface area contributed by atoms with Crippen LogP contribution in [0.5, 0.6) is 0 Å². The molecule has 0 fully saturated rings. The van der Waals surface area contributed by atoms with Gasteiger partial charge in [0.15, 0.2) is 0 Å². The van der Waals surface area contributed by atoms with E-state index in [9.17, 15) is 13.2 Å². The Balaban J connectivity index is 2.11. The number of hydrogen-bond donors (Lipinski definition) is 0. The predicted molar refractivity (Wildman–Crippen MR) is 60.3 cm³/mol. The van der Waals surface area contributed by atoms with Crippen LogP contribution in [-0.2, 0) is 25.4 Å². The Bertz CT molecular complexity index is 469. The standard InChI is InChI=1S/C12H16F3N3/c1-17-5-3-10-9(7-17)11-12(14,15)4-2-8(13)6-18(11)16-10/h8H,2-7H2,1H3/t8-/m1/s1. The summed E-state index contributed by atoms with van der Waals surface area (Å²) in [5.74, 6) is -2.96. The molecule has 6 heteroatoms. The molecule has 100 valence electrons. The van der Waals surface area contributed by atoms with Gasteiger partial charge in [0, 0.05) is 31.5 Å². The van der Waals surface area contributed by atoms with E-state index in [2.05, 4.69) is 5.10 Å². The lowest BCUT2D eigenvalue weighted by Crippen LogP contribution is -2.28. The molecule has 2 aliphatic heterocycles. The van der Waals surface area contributed by atoms with Crippen LogP contribution in [0.1, 0.15) is 29.8 Å². The number of halogens is 3. The van der Waals surface area contributed by atoms with E-state index in [1.807, 2.05) is 11.9 Å². The van der Waals surface area contributed by atoms with Gasteiger partial charge >= 0.3 is 0 Å². The van der Waals surface area contributed by atoms with Crippen molar-refractivity contribution in [2.24, 2.45) is 0 Å². The minimum atomic E-state index is -2.96. The van der Waals surface area contributed by atoms with Gasteiger partial charge in [-0.3, -0.25) is 4.68 Å². The minimum Gasteiger partial charge on any atom is -0.302 e. The first-order valence-corrected chi connectivity index (χ1v) is 6.27. The Morgan fingerprint density at radius 2 is 2.17 bits per heavy atom. The SMILES string of the molecule is CN1CCc2nn3c(c2C1)C(F)(F)CC[C@@H](F)C3. The van der Waals surface area contributed by atoms with Gasteiger partial charge in [-0.2, -0.15) is 13.9 Å². The van der Waals surface area contributed by atoms with Crippen molar-refractivity contribution in [2.45, 2.75) is 44.4 Å². The number of fused-ring (bicyclic) bond motifs is 3. The summed E-state index contributed by atoms with van der Waals surface area (Å²) in [6.07, 6.45) is -1.08. The zero-order valence-electron chi connectivity index (χ0n) is 10.3. The van der Waals surface area contributed by atoms with Crippen LogP contribution >= 0.6 is 0 Å². The van der Waals surface area contributed by atoms with Gasteiger partial charge < -0.3 is 4.90 Å². The maximum atomic E-state index is 14.1. The van der Waals surface area contributed by atoms with Crippen molar-refractivity contribution in [3.8, 4) is 0 Å². The van der Waals surface area contributed by atoms with Crippen LogP contribution in [0.4, 0.5) is 13.2 Å². The highest BCUT2D eigenvalue weighted by Gasteiger charge is 2.43. The van der Waals surface area contributed by atoms with E-state index in [1.54, 1.807) is 0 Å². The summed E-state index contributed by atoms with van der Waals surface area (Å²) in [6, 6.07) is 0. The van der Waals surface area contributed by atoms with E-state index in [1.165, 1.54) is 4.68 Å². The molecule has 1 aromatic heterocycles.